The summed E-state index contributed by atoms with van der Waals surface area (Å²) in [6.45, 7) is 8.70. The van der Waals surface area contributed by atoms with Gasteiger partial charge in [0.2, 0.25) is 20.0 Å². The summed E-state index contributed by atoms with van der Waals surface area (Å²) in [7, 11) is -9.40. The number of ether oxygens (including phenoxy) is 3. The highest BCUT2D eigenvalue weighted by Gasteiger charge is 2.33. The number of rotatable bonds is 16. The van der Waals surface area contributed by atoms with Crippen LogP contribution in [0, 0.1) is 11.8 Å². The van der Waals surface area contributed by atoms with E-state index in [1.54, 1.807) is 47.4 Å². The Kier molecular flexibility index (Phi) is 18.2. The molecular formula is C39H54ClF2N4O11PS2. The molecule has 2 aliphatic heterocycles. The third kappa shape index (κ3) is 14.1. The van der Waals surface area contributed by atoms with Crippen molar-refractivity contribution in [1.82, 2.24) is 19.2 Å². The number of carbonyl (C=O) groups is 1. The van der Waals surface area contributed by atoms with E-state index in [2.05, 4.69) is 19.5 Å². The van der Waals surface area contributed by atoms with Crippen molar-refractivity contribution in [1.29, 1.82) is 0 Å². The zero-order valence-corrected chi connectivity index (χ0v) is 37.6. The molecule has 3 aromatic rings. The third-order valence-corrected chi connectivity index (χ3v) is 14.5. The molecule has 5 rings (SSSR count). The van der Waals surface area contributed by atoms with Crippen LogP contribution in [0.3, 0.4) is 0 Å². The molecule has 2 heterocycles. The number of sulfonamides is 2. The number of piperidine rings is 2. The summed E-state index contributed by atoms with van der Waals surface area (Å²) in [5, 5.41) is 3.33. The number of likely N-dealkylation sites (tertiary alicyclic amines) is 1. The minimum Gasteiger partial charge on any atom is -0.495 e. The first-order valence-electron chi connectivity index (χ1n) is 19.3. The van der Waals surface area contributed by atoms with Crippen LogP contribution in [0.5, 0.6) is 11.5 Å². The molecule has 0 aliphatic carbocycles. The zero-order valence-electron chi connectivity index (χ0n) is 34.3. The second kappa shape index (κ2) is 22.1. The van der Waals surface area contributed by atoms with Gasteiger partial charge in [-0.3, -0.25) is 4.57 Å². The third-order valence-electron chi connectivity index (χ3n) is 9.69. The summed E-state index contributed by atoms with van der Waals surface area (Å²) in [4.78, 5) is 14.0. The van der Waals surface area contributed by atoms with Gasteiger partial charge in [-0.15, -0.1) is 9.46 Å². The van der Waals surface area contributed by atoms with Crippen LogP contribution < -0.4 is 19.5 Å². The maximum Gasteiger partial charge on any atom is 0.410 e. The van der Waals surface area contributed by atoms with Crippen molar-refractivity contribution in [3.05, 3.63) is 82.9 Å². The quantitative estimate of drug-likeness (QED) is 0.134. The van der Waals surface area contributed by atoms with Gasteiger partial charge >= 0.3 is 13.7 Å². The molecule has 2 fully saturated rings. The van der Waals surface area contributed by atoms with Crippen LogP contribution in [0.15, 0.2) is 76.5 Å². The number of nitrogens with one attached hydrogen (secondary N) is 2. The SMILES string of the molecule is COc1ccccc1S(=O)(=O)N(Cc1ccc(CP(=O)(OF)OF)c(Cl)c1)CC1CCCNC1.COc1ccccc1S(=O)(=O)NCC1CCCN(C(=O)OC(C)(C)C)C1. The van der Waals surface area contributed by atoms with E-state index in [0.29, 0.717) is 30.9 Å². The van der Waals surface area contributed by atoms with Crippen LogP contribution >= 0.6 is 19.2 Å². The number of nitrogens with zero attached hydrogens (tertiary/aromatic N) is 2. The van der Waals surface area contributed by atoms with E-state index in [-0.39, 0.29) is 63.7 Å². The van der Waals surface area contributed by atoms with Gasteiger partial charge in [-0.2, -0.15) is 4.31 Å². The topological polar surface area (TPSA) is 179 Å². The average molecular weight is 923 g/mol. The van der Waals surface area contributed by atoms with E-state index in [1.165, 1.54) is 42.8 Å². The lowest BCUT2D eigenvalue weighted by atomic mass is 9.99. The number of amides is 1. The lowest BCUT2D eigenvalue weighted by molar-refractivity contribution is -0.0881. The fourth-order valence-corrected chi connectivity index (χ4v) is 10.9. The van der Waals surface area contributed by atoms with Crippen LogP contribution in [0.1, 0.15) is 57.6 Å². The Bertz CT molecular complexity index is 2150. The molecule has 0 saturated carbocycles. The van der Waals surface area contributed by atoms with Crippen molar-refractivity contribution < 1.29 is 58.9 Å². The highest BCUT2D eigenvalue weighted by molar-refractivity contribution is 7.89. The molecule has 0 spiro atoms. The van der Waals surface area contributed by atoms with Crippen molar-refractivity contribution >= 4 is 45.3 Å². The predicted molar refractivity (Wildman–Crippen MR) is 222 cm³/mol. The van der Waals surface area contributed by atoms with Crippen molar-refractivity contribution in [2.24, 2.45) is 11.8 Å². The number of hydrogen-bond donors (Lipinski definition) is 2. The fraction of sp³-hybridized carbons (Fsp3) is 0.513. The van der Waals surface area contributed by atoms with Crippen molar-refractivity contribution in [2.45, 2.75) is 74.6 Å². The van der Waals surface area contributed by atoms with Gasteiger partial charge in [-0.1, -0.05) is 48.0 Å². The molecule has 2 saturated heterocycles. The van der Waals surface area contributed by atoms with E-state index in [0.717, 1.165) is 32.2 Å². The lowest BCUT2D eigenvalue weighted by Gasteiger charge is -2.34. The molecule has 3 aromatic carbocycles. The Morgan fingerprint density at radius 1 is 0.933 bits per heavy atom. The number of carbonyl (C=O) groups excluding carboxylic acids is 1. The Hall–Kier alpha value is -3.39. The largest absolute Gasteiger partial charge is 0.495 e. The highest BCUT2D eigenvalue weighted by atomic mass is 35.5. The first-order valence-corrected chi connectivity index (χ1v) is 24.3. The maximum absolute atomic E-state index is 13.6. The van der Waals surface area contributed by atoms with Crippen molar-refractivity contribution in [3.8, 4) is 11.5 Å². The first kappa shape index (κ1) is 49.3. The molecule has 2 N–H and O–H groups in total. The zero-order chi connectivity index (χ0) is 44.1. The number of halogens is 3. The molecule has 21 heteroatoms. The van der Waals surface area contributed by atoms with Gasteiger partial charge in [0.05, 0.1) is 20.4 Å². The molecule has 1 amide bonds. The molecule has 2 unspecified atom stereocenters. The van der Waals surface area contributed by atoms with Gasteiger partial charge in [0, 0.05) is 37.7 Å². The van der Waals surface area contributed by atoms with Crippen molar-refractivity contribution in [3.63, 3.8) is 0 Å². The predicted octanol–water partition coefficient (Wildman–Crippen LogP) is 7.66. The molecular weight excluding hydrogens is 869 g/mol. The minimum atomic E-state index is -4.62. The monoisotopic (exact) mass is 922 g/mol. The normalized spacial score (nSPS) is 17.7. The summed E-state index contributed by atoms with van der Waals surface area (Å²) < 4.78 is 115. The molecule has 334 valence electrons. The molecule has 2 aliphatic rings. The van der Waals surface area contributed by atoms with E-state index >= 15 is 0 Å². The number of hydrogen-bond acceptors (Lipinski definition) is 12. The summed E-state index contributed by atoms with van der Waals surface area (Å²) >= 11 is 6.23. The Morgan fingerprint density at radius 2 is 1.55 bits per heavy atom. The van der Waals surface area contributed by atoms with Gasteiger partial charge in [0.1, 0.15) is 26.9 Å². The number of benzene rings is 3. The average Bonchev–Trinajstić information content (AvgIpc) is 3.23. The Morgan fingerprint density at radius 3 is 2.13 bits per heavy atom. The molecule has 60 heavy (non-hydrogen) atoms. The molecule has 0 bridgehead atoms. The van der Waals surface area contributed by atoms with E-state index in [4.69, 9.17) is 25.8 Å². The molecule has 2 atom stereocenters. The smallest absolute Gasteiger partial charge is 0.410 e. The Labute approximate surface area is 356 Å². The lowest BCUT2D eigenvalue weighted by Crippen LogP contribution is -2.45. The summed E-state index contributed by atoms with van der Waals surface area (Å²) in [6, 6.07) is 17.3. The van der Waals surface area contributed by atoms with Gasteiger partial charge in [-0.05, 0) is 122 Å². The standard InChI is InChI=1S/C21H26ClF2N2O6PS.C18H28N2O5S/c1-30-20-6-2-3-7-21(20)34(28,29)26(14-17-5-4-10-25-12-17)13-16-8-9-18(19(22)11-16)15-33(27,31-23)32-24;1-18(2,3)25-17(21)20-11-7-8-14(13-20)12-19-26(22,23)16-10-6-5-9-15(16)24-4/h2-3,6-9,11,17,25H,4-5,10,12-15H2,1H3;5-6,9-10,14,19H,7-8,11-13H2,1-4H3. The van der Waals surface area contributed by atoms with Gasteiger partial charge in [-0.25, -0.2) is 26.4 Å². The fourth-order valence-electron chi connectivity index (χ4n) is 6.75. The number of methoxy groups -OCH3 is 2. The van der Waals surface area contributed by atoms with E-state index in [9.17, 15) is 35.2 Å². The van der Waals surface area contributed by atoms with Crippen molar-refractivity contribution in [2.75, 3.05) is 53.5 Å². The van der Waals surface area contributed by atoms with Gasteiger partial charge in [0.25, 0.3) is 0 Å². The van der Waals surface area contributed by atoms with Crippen LogP contribution in [0.2, 0.25) is 5.02 Å². The molecule has 0 aromatic heterocycles. The van der Waals surface area contributed by atoms with Gasteiger partial charge in [0.15, 0.2) is 0 Å². The van der Waals surface area contributed by atoms with Crippen LogP contribution in [0.25, 0.3) is 0 Å². The van der Waals surface area contributed by atoms with E-state index in [1.807, 2.05) is 20.8 Å². The second-order valence-corrected chi connectivity index (χ2v) is 21.3. The number of para-hydroxylation sites is 2. The van der Waals surface area contributed by atoms with Crippen LogP contribution in [-0.2, 0) is 51.5 Å². The van der Waals surface area contributed by atoms with Crippen LogP contribution in [0.4, 0.5) is 13.8 Å². The maximum atomic E-state index is 13.6. The molecule has 15 nitrogen and oxygen atoms in total. The summed E-state index contributed by atoms with van der Waals surface area (Å²) in [5.74, 6) is 0.692. The van der Waals surface area contributed by atoms with Crippen LogP contribution in [-0.4, -0.2) is 91.2 Å². The second-order valence-electron chi connectivity index (χ2n) is 15.4. The summed E-state index contributed by atoms with van der Waals surface area (Å²) in [6.07, 6.45) is 2.42. The van der Waals surface area contributed by atoms with Gasteiger partial charge < -0.3 is 24.4 Å². The van der Waals surface area contributed by atoms with E-state index < -0.39 is 39.4 Å². The first-order chi connectivity index (χ1) is 28.3. The highest BCUT2D eigenvalue weighted by Crippen LogP contribution is 2.53. The molecule has 0 radical (unpaired) electrons. The minimum absolute atomic E-state index is 0.00619. The summed E-state index contributed by atoms with van der Waals surface area (Å²) in [5.41, 5.74) is 0.114. The Balaban J connectivity index is 0.000000275.